The van der Waals surface area contributed by atoms with Gasteiger partial charge in [0.1, 0.15) is 6.10 Å². The largest absolute Gasteiger partial charge is 0.382 e. The second kappa shape index (κ2) is 4.57. The molecular weight excluding hydrogens is 184 g/mol. The Hall–Kier alpha value is -0.160. The molecule has 84 valence electrons. The van der Waals surface area contributed by atoms with Crippen LogP contribution in [0.25, 0.3) is 0 Å². The van der Waals surface area contributed by atoms with Gasteiger partial charge in [0, 0.05) is 26.7 Å². The smallest absolute Gasteiger partial charge is 0.165 e. The molecule has 0 bridgehead atoms. The molecule has 1 saturated heterocycles. The fraction of sp³-hybridized carbons (Fsp3) is 1.00. The van der Waals surface area contributed by atoms with Crippen molar-refractivity contribution in [3.8, 4) is 0 Å². The van der Waals surface area contributed by atoms with Gasteiger partial charge in [-0.05, 0) is 0 Å². The van der Waals surface area contributed by atoms with Crippen LogP contribution in [0.5, 0.6) is 0 Å². The molecule has 1 heterocycles. The highest BCUT2D eigenvalue weighted by Crippen LogP contribution is 2.40. The van der Waals surface area contributed by atoms with E-state index >= 15 is 0 Å². The molecule has 0 saturated carbocycles. The van der Waals surface area contributed by atoms with E-state index in [9.17, 15) is 0 Å². The zero-order valence-corrected chi connectivity index (χ0v) is 9.57. The Kier molecular flexibility index (Phi) is 3.89. The Labute approximate surface area is 85.5 Å². The van der Waals surface area contributed by atoms with E-state index in [0.717, 1.165) is 0 Å². The minimum atomic E-state index is -0.229. The number of rotatable bonds is 4. The van der Waals surface area contributed by atoms with Gasteiger partial charge in [-0.2, -0.15) is 0 Å². The van der Waals surface area contributed by atoms with E-state index in [1.165, 1.54) is 0 Å². The summed E-state index contributed by atoms with van der Waals surface area (Å²) in [7, 11) is 4.99. The normalized spacial score (nSPS) is 36.2. The topological polar surface area (TPSA) is 36.9 Å². The molecule has 0 radical (unpaired) electrons. The van der Waals surface area contributed by atoms with E-state index in [1.807, 2.05) is 0 Å². The standard InChI is InChI=1S/C10H20O4/c1-10(2)8(12-4)7(6-11-3)14-9(10)13-5/h7-9H,6H2,1-5H3. The van der Waals surface area contributed by atoms with Crippen molar-refractivity contribution in [3.05, 3.63) is 0 Å². The summed E-state index contributed by atoms with van der Waals surface area (Å²) in [6, 6.07) is 0. The quantitative estimate of drug-likeness (QED) is 0.685. The van der Waals surface area contributed by atoms with Crippen molar-refractivity contribution in [1.29, 1.82) is 0 Å². The molecule has 0 aromatic rings. The van der Waals surface area contributed by atoms with Gasteiger partial charge in [-0.3, -0.25) is 0 Å². The molecule has 0 aromatic heterocycles. The molecule has 3 atom stereocenters. The van der Waals surface area contributed by atoms with Crippen LogP contribution in [-0.4, -0.2) is 46.4 Å². The fourth-order valence-electron chi connectivity index (χ4n) is 2.12. The predicted molar refractivity (Wildman–Crippen MR) is 52.1 cm³/mol. The second-order valence-corrected chi connectivity index (χ2v) is 4.18. The van der Waals surface area contributed by atoms with Crippen LogP contribution in [0.2, 0.25) is 0 Å². The molecule has 0 aliphatic carbocycles. The average molecular weight is 204 g/mol. The Morgan fingerprint density at radius 3 is 2.21 bits per heavy atom. The lowest BCUT2D eigenvalue weighted by molar-refractivity contribution is -0.156. The average Bonchev–Trinajstić information content (AvgIpc) is 2.37. The molecule has 1 aliphatic heterocycles. The lowest BCUT2D eigenvalue weighted by Gasteiger charge is -2.29. The summed E-state index contributed by atoms with van der Waals surface area (Å²) in [5.41, 5.74) is -0.146. The van der Waals surface area contributed by atoms with Crippen molar-refractivity contribution in [2.45, 2.75) is 32.3 Å². The third-order valence-electron chi connectivity index (χ3n) is 2.78. The van der Waals surface area contributed by atoms with Gasteiger partial charge in [0.15, 0.2) is 6.29 Å². The molecule has 14 heavy (non-hydrogen) atoms. The van der Waals surface area contributed by atoms with Crippen LogP contribution in [0.3, 0.4) is 0 Å². The maximum Gasteiger partial charge on any atom is 0.165 e. The minimum Gasteiger partial charge on any atom is -0.382 e. The number of methoxy groups -OCH3 is 3. The molecular formula is C10H20O4. The van der Waals surface area contributed by atoms with Gasteiger partial charge in [-0.25, -0.2) is 0 Å². The van der Waals surface area contributed by atoms with Gasteiger partial charge in [-0.1, -0.05) is 13.8 Å². The summed E-state index contributed by atoms with van der Waals surface area (Å²) in [6.45, 7) is 4.68. The summed E-state index contributed by atoms with van der Waals surface area (Å²) < 4.78 is 21.5. The van der Waals surface area contributed by atoms with E-state index in [-0.39, 0.29) is 23.9 Å². The van der Waals surface area contributed by atoms with Crippen molar-refractivity contribution in [2.24, 2.45) is 5.41 Å². The first kappa shape index (κ1) is 11.9. The van der Waals surface area contributed by atoms with Crippen LogP contribution in [0, 0.1) is 5.41 Å². The van der Waals surface area contributed by atoms with Crippen LogP contribution < -0.4 is 0 Å². The Bertz CT molecular complexity index is 181. The van der Waals surface area contributed by atoms with Crippen LogP contribution in [0.1, 0.15) is 13.8 Å². The van der Waals surface area contributed by atoms with Crippen LogP contribution in [0.4, 0.5) is 0 Å². The van der Waals surface area contributed by atoms with Gasteiger partial charge in [0.05, 0.1) is 12.7 Å². The highest BCUT2D eigenvalue weighted by Gasteiger charge is 2.51. The lowest BCUT2D eigenvalue weighted by atomic mass is 9.85. The molecule has 1 rings (SSSR count). The van der Waals surface area contributed by atoms with E-state index < -0.39 is 0 Å². The highest BCUT2D eigenvalue weighted by molar-refractivity contribution is 4.94. The van der Waals surface area contributed by atoms with Gasteiger partial charge in [-0.15, -0.1) is 0 Å². The van der Waals surface area contributed by atoms with Crippen molar-refractivity contribution >= 4 is 0 Å². The third-order valence-corrected chi connectivity index (χ3v) is 2.78. The number of hydrogen-bond donors (Lipinski definition) is 0. The Balaban J connectivity index is 2.74. The number of hydrogen-bond acceptors (Lipinski definition) is 4. The SMILES string of the molecule is COCC1OC(OC)C(C)(C)C1OC. The molecule has 4 heteroatoms. The predicted octanol–water partition coefficient (Wildman–Crippen LogP) is 1.05. The molecule has 1 aliphatic rings. The van der Waals surface area contributed by atoms with E-state index in [1.54, 1.807) is 21.3 Å². The zero-order chi connectivity index (χ0) is 10.8. The minimum absolute atomic E-state index is 0.00685. The van der Waals surface area contributed by atoms with Crippen molar-refractivity contribution in [2.75, 3.05) is 27.9 Å². The van der Waals surface area contributed by atoms with E-state index in [0.29, 0.717) is 6.61 Å². The zero-order valence-electron chi connectivity index (χ0n) is 9.57. The van der Waals surface area contributed by atoms with E-state index in [2.05, 4.69) is 13.8 Å². The van der Waals surface area contributed by atoms with Crippen LogP contribution in [0.15, 0.2) is 0 Å². The van der Waals surface area contributed by atoms with Gasteiger partial charge >= 0.3 is 0 Å². The first-order valence-electron chi connectivity index (χ1n) is 4.78. The summed E-state index contributed by atoms with van der Waals surface area (Å²) in [6.07, 6.45) is -0.273. The Morgan fingerprint density at radius 2 is 1.79 bits per heavy atom. The molecule has 0 spiro atoms. The highest BCUT2D eigenvalue weighted by atomic mass is 16.7. The summed E-state index contributed by atoms with van der Waals surface area (Å²) in [4.78, 5) is 0. The Morgan fingerprint density at radius 1 is 1.14 bits per heavy atom. The summed E-state index contributed by atoms with van der Waals surface area (Å²) in [5, 5.41) is 0. The van der Waals surface area contributed by atoms with Crippen molar-refractivity contribution < 1.29 is 18.9 Å². The maximum atomic E-state index is 5.70. The molecule has 0 amide bonds. The third kappa shape index (κ3) is 1.93. The summed E-state index contributed by atoms with van der Waals surface area (Å²) >= 11 is 0. The van der Waals surface area contributed by atoms with Crippen molar-refractivity contribution in [3.63, 3.8) is 0 Å². The van der Waals surface area contributed by atoms with Crippen LogP contribution >= 0.6 is 0 Å². The molecule has 4 nitrogen and oxygen atoms in total. The first-order chi connectivity index (χ1) is 6.57. The van der Waals surface area contributed by atoms with Gasteiger partial charge < -0.3 is 18.9 Å². The second-order valence-electron chi connectivity index (χ2n) is 4.18. The summed E-state index contributed by atoms with van der Waals surface area (Å²) in [5.74, 6) is 0. The van der Waals surface area contributed by atoms with Gasteiger partial charge in [0.2, 0.25) is 0 Å². The molecule has 3 unspecified atom stereocenters. The molecule has 0 N–H and O–H groups in total. The first-order valence-corrected chi connectivity index (χ1v) is 4.78. The monoisotopic (exact) mass is 204 g/mol. The van der Waals surface area contributed by atoms with E-state index in [4.69, 9.17) is 18.9 Å². The van der Waals surface area contributed by atoms with Gasteiger partial charge in [0.25, 0.3) is 0 Å². The maximum absolute atomic E-state index is 5.70. The van der Waals surface area contributed by atoms with Crippen LogP contribution in [-0.2, 0) is 18.9 Å². The molecule has 0 aromatic carbocycles. The number of ether oxygens (including phenoxy) is 4. The van der Waals surface area contributed by atoms with Crippen molar-refractivity contribution in [1.82, 2.24) is 0 Å². The fourth-order valence-corrected chi connectivity index (χ4v) is 2.12. The lowest BCUT2D eigenvalue weighted by Crippen LogP contribution is -2.39. The molecule has 1 fully saturated rings.